The number of hydrogen-bond donors (Lipinski definition) is 0. The second kappa shape index (κ2) is 6.94. The van der Waals surface area contributed by atoms with E-state index in [2.05, 4.69) is 4.90 Å². The molecule has 0 N–H and O–H groups in total. The van der Waals surface area contributed by atoms with Crippen LogP contribution in [0.1, 0.15) is 23.2 Å². The standard InChI is InChI=1S/C22H18Cl2N2O3/c23-12-7-9-13(10-8-12)26-21(28)17-16-6-3-11-25(16)19(18(17)22(26)29)20(27)14-4-1-2-5-15(14)24/h1-2,4-5,7-10,16-19H,3,6,11H2. The molecular formula is C22H18Cl2N2O3. The van der Waals surface area contributed by atoms with Gasteiger partial charge in [0.1, 0.15) is 0 Å². The van der Waals surface area contributed by atoms with Crippen LogP contribution in [-0.4, -0.2) is 41.1 Å². The predicted octanol–water partition coefficient (Wildman–Crippen LogP) is 3.83. The van der Waals surface area contributed by atoms with Crippen molar-refractivity contribution in [1.82, 2.24) is 4.90 Å². The summed E-state index contributed by atoms with van der Waals surface area (Å²) < 4.78 is 0. The summed E-state index contributed by atoms with van der Waals surface area (Å²) in [6, 6.07) is 12.8. The lowest BCUT2D eigenvalue weighted by Gasteiger charge is -2.27. The van der Waals surface area contributed by atoms with E-state index >= 15 is 0 Å². The first-order valence-electron chi connectivity index (χ1n) is 9.67. The number of Topliss-reactive ketones (excluding diaryl/α,β-unsaturated/α-hetero) is 1. The zero-order chi connectivity index (χ0) is 20.3. The van der Waals surface area contributed by atoms with Crippen molar-refractivity contribution in [2.75, 3.05) is 11.4 Å². The Morgan fingerprint density at radius 2 is 1.62 bits per heavy atom. The van der Waals surface area contributed by atoms with Crippen LogP contribution in [0.15, 0.2) is 48.5 Å². The van der Waals surface area contributed by atoms with Gasteiger partial charge in [-0.15, -0.1) is 0 Å². The Labute approximate surface area is 178 Å². The summed E-state index contributed by atoms with van der Waals surface area (Å²) in [7, 11) is 0. The monoisotopic (exact) mass is 428 g/mol. The fourth-order valence-electron chi connectivity index (χ4n) is 5.18. The highest BCUT2D eigenvalue weighted by Crippen LogP contribution is 2.48. The topological polar surface area (TPSA) is 57.7 Å². The number of carbonyl (C=O) groups is 3. The Hall–Kier alpha value is -2.21. The number of fused-ring (bicyclic) bond motifs is 3. The van der Waals surface area contributed by atoms with Gasteiger partial charge >= 0.3 is 0 Å². The highest BCUT2D eigenvalue weighted by molar-refractivity contribution is 6.34. The van der Waals surface area contributed by atoms with Crippen LogP contribution in [0, 0.1) is 11.8 Å². The van der Waals surface area contributed by atoms with Crippen LogP contribution in [0.2, 0.25) is 10.0 Å². The quantitative estimate of drug-likeness (QED) is 0.550. The van der Waals surface area contributed by atoms with Crippen LogP contribution in [-0.2, 0) is 9.59 Å². The summed E-state index contributed by atoms with van der Waals surface area (Å²) in [6.45, 7) is 0.708. The number of anilines is 1. The molecule has 2 aromatic carbocycles. The highest BCUT2D eigenvalue weighted by Gasteiger charge is 2.64. The fourth-order valence-corrected chi connectivity index (χ4v) is 5.54. The average molecular weight is 429 g/mol. The Morgan fingerprint density at radius 3 is 2.34 bits per heavy atom. The van der Waals surface area contributed by atoms with E-state index in [1.807, 2.05) is 0 Å². The first kappa shape index (κ1) is 18.8. The zero-order valence-electron chi connectivity index (χ0n) is 15.4. The third-order valence-corrected chi connectivity index (χ3v) is 6.93. The summed E-state index contributed by atoms with van der Waals surface area (Å²) in [4.78, 5) is 43.5. The van der Waals surface area contributed by atoms with Crippen molar-refractivity contribution >= 4 is 46.5 Å². The maximum atomic E-state index is 13.5. The van der Waals surface area contributed by atoms with Crippen molar-refractivity contribution in [1.29, 1.82) is 0 Å². The molecule has 3 saturated heterocycles. The molecule has 0 saturated carbocycles. The number of halogens is 2. The van der Waals surface area contributed by atoms with Gasteiger partial charge in [-0.25, -0.2) is 4.90 Å². The number of nitrogens with zero attached hydrogens (tertiary/aromatic N) is 2. The SMILES string of the molecule is O=C(c1ccccc1Cl)C1C2C(=O)N(c3ccc(Cl)cc3)C(=O)C2C2CCCN21. The lowest BCUT2D eigenvalue weighted by atomic mass is 9.85. The molecule has 29 heavy (non-hydrogen) atoms. The smallest absolute Gasteiger partial charge is 0.239 e. The summed E-state index contributed by atoms with van der Waals surface area (Å²) >= 11 is 12.2. The lowest BCUT2D eigenvalue weighted by Crippen LogP contribution is -2.46. The minimum absolute atomic E-state index is 0.0924. The van der Waals surface area contributed by atoms with Gasteiger partial charge in [0.05, 0.1) is 28.6 Å². The molecule has 0 aromatic heterocycles. The second-order valence-corrected chi connectivity index (χ2v) is 8.62. The van der Waals surface area contributed by atoms with Crippen LogP contribution in [0.25, 0.3) is 0 Å². The third kappa shape index (κ3) is 2.75. The molecule has 0 bridgehead atoms. The van der Waals surface area contributed by atoms with Gasteiger partial charge in [-0.1, -0.05) is 35.3 Å². The molecule has 7 heteroatoms. The zero-order valence-corrected chi connectivity index (χ0v) is 16.9. The van der Waals surface area contributed by atoms with Gasteiger partial charge in [0.2, 0.25) is 11.8 Å². The molecule has 148 valence electrons. The van der Waals surface area contributed by atoms with Crippen molar-refractivity contribution in [3.05, 3.63) is 64.1 Å². The van der Waals surface area contributed by atoms with Gasteiger partial charge in [-0.2, -0.15) is 0 Å². The van der Waals surface area contributed by atoms with Crippen LogP contribution in [0.4, 0.5) is 5.69 Å². The number of carbonyl (C=O) groups excluding carboxylic acids is 3. The molecule has 0 aliphatic carbocycles. The molecule has 4 unspecified atom stereocenters. The summed E-state index contributed by atoms with van der Waals surface area (Å²) in [5, 5.41) is 0.893. The fraction of sp³-hybridized carbons (Fsp3) is 0.318. The Balaban J connectivity index is 1.56. The molecule has 0 spiro atoms. The number of ketones is 1. The number of imide groups is 1. The summed E-state index contributed by atoms with van der Waals surface area (Å²) in [6.07, 6.45) is 1.71. The first-order valence-corrected chi connectivity index (χ1v) is 10.4. The van der Waals surface area contributed by atoms with Gasteiger partial charge in [0.25, 0.3) is 0 Å². The summed E-state index contributed by atoms with van der Waals surface area (Å²) in [5.74, 6) is -1.92. The first-order chi connectivity index (χ1) is 14.0. The van der Waals surface area contributed by atoms with Crippen molar-refractivity contribution in [2.24, 2.45) is 11.8 Å². The molecule has 3 heterocycles. The Bertz CT molecular complexity index is 1020. The average Bonchev–Trinajstić information content (AvgIpc) is 3.35. The van der Waals surface area contributed by atoms with Crippen molar-refractivity contribution in [3.8, 4) is 0 Å². The number of hydrogen-bond acceptors (Lipinski definition) is 4. The van der Waals surface area contributed by atoms with E-state index in [1.54, 1.807) is 48.5 Å². The van der Waals surface area contributed by atoms with Crippen molar-refractivity contribution in [3.63, 3.8) is 0 Å². The normalized spacial score (nSPS) is 28.7. The Morgan fingerprint density at radius 1 is 0.931 bits per heavy atom. The van der Waals surface area contributed by atoms with Crippen LogP contribution in [0.3, 0.4) is 0 Å². The molecule has 5 nitrogen and oxygen atoms in total. The van der Waals surface area contributed by atoms with Crippen LogP contribution < -0.4 is 4.90 Å². The Kier molecular flexibility index (Phi) is 4.50. The molecule has 2 aromatic rings. The van der Waals surface area contributed by atoms with Crippen molar-refractivity contribution < 1.29 is 14.4 Å². The largest absolute Gasteiger partial charge is 0.292 e. The van der Waals surface area contributed by atoms with E-state index in [1.165, 1.54) is 4.90 Å². The number of benzene rings is 2. The molecule has 5 rings (SSSR count). The predicted molar refractivity (Wildman–Crippen MR) is 110 cm³/mol. The molecule has 3 aliphatic heterocycles. The minimum atomic E-state index is -0.688. The van der Waals surface area contributed by atoms with E-state index in [4.69, 9.17) is 23.2 Å². The maximum Gasteiger partial charge on any atom is 0.239 e. The van der Waals surface area contributed by atoms with E-state index < -0.39 is 17.9 Å². The number of amides is 2. The maximum absolute atomic E-state index is 13.5. The van der Waals surface area contributed by atoms with E-state index in [-0.39, 0.29) is 23.6 Å². The third-order valence-electron chi connectivity index (χ3n) is 6.34. The highest BCUT2D eigenvalue weighted by atomic mass is 35.5. The molecule has 3 fully saturated rings. The van der Waals surface area contributed by atoms with Gasteiger partial charge in [-0.05, 0) is 55.8 Å². The van der Waals surface area contributed by atoms with Gasteiger partial charge in [0, 0.05) is 16.6 Å². The van der Waals surface area contributed by atoms with E-state index in [0.717, 1.165) is 12.8 Å². The van der Waals surface area contributed by atoms with Gasteiger partial charge in [-0.3, -0.25) is 19.3 Å². The molecular weight excluding hydrogens is 411 g/mol. The molecule has 3 aliphatic rings. The molecule has 0 radical (unpaired) electrons. The van der Waals surface area contributed by atoms with Gasteiger partial charge < -0.3 is 0 Å². The number of rotatable bonds is 3. The molecule has 4 atom stereocenters. The summed E-state index contributed by atoms with van der Waals surface area (Å²) in [5.41, 5.74) is 0.892. The van der Waals surface area contributed by atoms with Gasteiger partial charge in [0.15, 0.2) is 5.78 Å². The van der Waals surface area contributed by atoms with Crippen LogP contribution >= 0.6 is 23.2 Å². The second-order valence-electron chi connectivity index (χ2n) is 7.78. The van der Waals surface area contributed by atoms with E-state index in [0.29, 0.717) is 27.8 Å². The van der Waals surface area contributed by atoms with Crippen molar-refractivity contribution in [2.45, 2.75) is 24.9 Å². The lowest BCUT2D eigenvalue weighted by molar-refractivity contribution is -0.123. The van der Waals surface area contributed by atoms with E-state index in [9.17, 15) is 14.4 Å². The molecule has 2 amide bonds. The minimum Gasteiger partial charge on any atom is -0.292 e. The van der Waals surface area contributed by atoms with Crippen LogP contribution in [0.5, 0.6) is 0 Å².